The van der Waals surface area contributed by atoms with Crippen LogP contribution < -0.4 is 10.1 Å². The van der Waals surface area contributed by atoms with Crippen LogP contribution in [0.1, 0.15) is 44.0 Å². The Labute approximate surface area is 196 Å². The minimum Gasteiger partial charge on any atom is -0.489 e. The third-order valence-electron chi connectivity index (χ3n) is 6.09. The monoisotopic (exact) mass is 452 g/mol. The summed E-state index contributed by atoms with van der Waals surface area (Å²) in [5.74, 6) is -0.782. The molecule has 2 fully saturated rings. The van der Waals surface area contributed by atoms with Crippen LogP contribution in [-0.2, 0) is 34.0 Å². The van der Waals surface area contributed by atoms with E-state index in [-0.39, 0.29) is 37.2 Å². The fourth-order valence-electron chi connectivity index (χ4n) is 4.30. The topological polar surface area (TPSA) is 88.2 Å². The number of piperidine rings is 1. The summed E-state index contributed by atoms with van der Waals surface area (Å²) in [6.07, 6.45) is 0.437. The van der Waals surface area contributed by atoms with Crippen LogP contribution in [0.4, 0.5) is 0 Å². The Kier molecular flexibility index (Phi) is 5.15. The lowest BCUT2D eigenvalue weighted by atomic mass is 10.0. The number of rotatable bonds is 6. The van der Waals surface area contributed by atoms with Gasteiger partial charge in [-0.05, 0) is 29.7 Å². The smallest absolute Gasteiger partial charge is 0.255 e. The maximum absolute atomic E-state index is 13.0. The van der Waals surface area contributed by atoms with E-state index in [1.807, 2.05) is 4.90 Å². The van der Waals surface area contributed by atoms with Crippen LogP contribution in [0.2, 0.25) is 0 Å². The molecule has 0 bridgehead atoms. The fourth-order valence-corrected chi connectivity index (χ4v) is 4.30. The summed E-state index contributed by atoms with van der Waals surface area (Å²) in [5, 5.41) is 2.29. The van der Waals surface area contributed by atoms with Crippen LogP contribution in [0.15, 0.2) is 42.4 Å². The van der Waals surface area contributed by atoms with Gasteiger partial charge in [-0.2, -0.15) is 0 Å². The molecule has 172 valence electrons. The van der Waals surface area contributed by atoms with Crippen molar-refractivity contribution >= 4 is 17.7 Å². The van der Waals surface area contributed by atoms with Crippen molar-refractivity contribution in [3.05, 3.63) is 64.7 Å². The molecule has 0 spiro atoms. The number of carbonyl (C=O) groups excluding carboxylic acids is 3. The molecule has 3 amide bonds. The molecule has 3 atom stereocenters. The number of carbonyl (C=O) groups is 3. The molecular formula is C25H27N3O5. The first-order chi connectivity index (χ1) is 17.3. The molecule has 2 aromatic carbocycles. The Morgan fingerprint density at radius 1 is 1.12 bits per heavy atom. The summed E-state index contributed by atoms with van der Waals surface area (Å²) >= 11 is 0. The number of ether oxygens (including phenoxy) is 2. The van der Waals surface area contributed by atoms with E-state index in [1.165, 1.54) is 4.90 Å². The Bertz CT molecular complexity index is 1200. The first kappa shape index (κ1) is 18.2. The molecule has 2 saturated heterocycles. The van der Waals surface area contributed by atoms with Gasteiger partial charge in [0, 0.05) is 38.5 Å². The molecule has 2 aromatic rings. The Balaban J connectivity index is 1.31. The quantitative estimate of drug-likeness (QED) is 0.674. The van der Waals surface area contributed by atoms with Crippen molar-refractivity contribution < 1.29 is 28.0 Å². The molecule has 3 heterocycles. The van der Waals surface area contributed by atoms with Crippen LogP contribution in [0.3, 0.4) is 0 Å². The minimum atomic E-state index is -1.15. The Morgan fingerprint density at radius 2 is 1.94 bits per heavy atom. The molecular weight excluding hydrogens is 422 g/mol. The van der Waals surface area contributed by atoms with Gasteiger partial charge in [0.15, 0.2) is 0 Å². The van der Waals surface area contributed by atoms with Crippen molar-refractivity contribution in [3.8, 4) is 5.75 Å². The van der Waals surface area contributed by atoms with Crippen LogP contribution in [-0.4, -0.2) is 59.9 Å². The second-order valence-electron chi connectivity index (χ2n) is 8.27. The van der Waals surface area contributed by atoms with Gasteiger partial charge >= 0.3 is 0 Å². The summed E-state index contributed by atoms with van der Waals surface area (Å²) in [4.78, 5) is 40.2. The van der Waals surface area contributed by atoms with Crippen molar-refractivity contribution in [2.45, 2.75) is 38.5 Å². The number of nitrogens with zero attached hydrogens (tertiary/aromatic N) is 2. The second kappa shape index (κ2) is 9.33. The van der Waals surface area contributed by atoms with Crippen LogP contribution >= 0.6 is 0 Å². The molecule has 3 aliphatic rings. The molecule has 8 heteroatoms. The van der Waals surface area contributed by atoms with Gasteiger partial charge in [-0.3, -0.25) is 24.6 Å². The van der Waals surface area contributed by atoms with Gasteiger partial charge in [-0.15, -0.1) is 0 Å². The van der Waals surface area contributed by atoms with Gasteiger partial charge in [0.1, 0.15) is 18.4 Å². The van der Waals surface area contributed by atoms with Crippen LogP contribution in [0, 0.1) is 0 Å². The van der Waals surface area contributed by atoms with Gasteiger partial charge in [0.05, 0.1) is 22.5 Å². The highest BCUT2D eigenvalue weighted by atomic mass is 16.5. The fraction of sp³-hybridized carbons (Fsp3) is 0.400. The SMILES string of the molecule is [2H]c1cc(C([2H])Oc2cccc3c2CN(C2CCC(=O)NC2=O)C3=O)ccc1C([2H])N1CCOCC1. The van der Waals surface area contributed by atoms with Gasteiger partial charge in [0.2, 0.25) is 11.8 Å². The lowest BCUT2D eigenvalue weighted by Gasteiger charge is -2.29. The number of hydrogen-bond acceptors (Lipinski definition) is 6. The van der Waals surface area contributed by atoms with E-state index >= 15 is 0 Å². The number of imide groups is 1. The maximum Gasteiger partial charge on any atom is 0.255 e. The highest BCUT2D eigenvalue weighted by Gasteiger charge is 2.40. The standard InChI is InChI=1S/C25H27N3O5/c29-23-9-8-21(24(30)26-23)28-15-20-19(25(28)31)2-1-3-22(20)33-16-18-6-4-17(5-7-18)14-27-10-12-32-13-11-27/h1-7,21H,8-16H2,(H,26,29,30)/i4D,14D,16D. The zero-order chi connectivity index (χ0) is 25.4. The van der Waals surface area contributed by atoms with E-state index in [9.17, 15) is 14.4 Å². The Morgan fingerprint density at radius 3 is 2.73 bits per heavy atom. The largest absolute Gasteiger partial charge is 0.489 e. The number of fused-ring (bicyclic) bond motifs is 1. The van der Waals surface area contributed by atoms with Crippen LogP contribution in [0.25, 0.3) is 0 Å². The van der Waals surface area contributed by atoms with Crippen molar-refractivity contribution in [1.82, 2.24) is 15.1 Å². The zero-order valence-electron chi connectivity index (χ0n) is 21.1. The normalized spacial score (nSPS) is 24.4. The van der Waals surface area contributed by atoms with E-state index in [1.54, 1.807) is 36.4 Å². The molecule has 0 aromatic heterocycles. The van der Waals surface area contributed by atoms with Crippen molar-refractivity contribution in [3.63, 3.8) is 0 Å². The third-order valence-corrected chi connectivity index (χ3v) is 6.09. The average Bonchev–Trinajstić information content (AvgIpc) is 3.21. The molecule has 3 unspecified atom stereocenters. The predicted molar refractivity (Wildman–Crippen MR) is 119 cm³/mol. The molecule has 0 aliphatic carbocycles. The summed E-state index contributed by atoms with van der Waals surface area (Å²) in [6.45, 7) is 0.707. The number of amides is 3. The van der Waals surface area contributed by atoms with Crippen molar-refractivity contribution in [2.75, 3.05) is 26.3 Å². The summed E-state index contributed by atoms with van der Waals surface area (Å²) in [7, 11) is 0. The van der Waals surface area contributed by atoms with Crippen LogP contribution in [0.5, 0.6) is 5.75 Å². The zero-order valence-corrected chi connectivity index (χ0v) is 18.1. The van der Waals surface area contributed by atoms with E-state index in [4.69, 9.17) is 13.6 Å². The highest BCUT2D eigenvalue weighted by Crippen LogP contribution is 2.34. The summed E-state index contributed by atoms with van der Waals surface area (Å²) < 4.78 is 36.8. The van der Waals surface area contributed by atoms with E-state index in [0.717, 1.165) is 0 Å². The van der Waals surface area contributed by atoms with Gasteiger partial charge in [0.25, 0.3) is 5.91 Å². The lowest BCUT2D eigenvalue weighted by molar-refractivity contribution is -0.136. The molecule has 1 N–H and O–H groups in total. The minimum absolute atomic E-state index is 0.145. The van der Waals surface area contributed by atoms with Gasteiger partial charge in [-0.1, -0.05) is 30.3 Å². The third kappa shape index (κ3) is 4.62. The molecule has 0 saturated carbocycles. The average molecular weight is 453 g/mol. The molecule has 0 radical (unpaired) electrons. The van der Waals surface area contributed by atoms with Crippen molar-refractivity contribution in [2.24, 2.45) is 0 Å². The molecule has 8 nitrogen and oxygen atoms in total. The van der Waals surface area contributed by atoms with E-state index in [2.05, 4.69) is 5.32 Å². The van der Waals surface area contributed by atoms with E-state index < -0.39 is 25.1 Å². The van der Waals surface area contributed by atoms with Crippen molar-refractivity contribution in [1.29, 1.82) is 0 Å². The lowest BCUT2D eigenvalue weighted by Crippen LogP contribution is -2.52. The molecule has 33 heavy (non-hydrogen) atoms. The number of morpholine rings is 1. The number of hydrogen-bond donors (Lipinski definition) is 1. The Hall–Kier alpha value is -3.23. The molecule has 3 aliphatic heterocycles. The number of nitrogens with one attached hydrogen (secondary N) is 1. The number of benzene rings is 2. The summed E-state index contributed by atoms with van der Waals surface area (Å²) in [6, 6.07) is 9.36. The highest BCUT2D eigenvalue weighted by molar-refractivity contribution is 6.05. The summed E-state index contributed by atoms with van der Waals surface area (Å²) in [5.41, 5.74) is 2.01. The van der Waals surface area contributed by atoms with Gasteiger partial charge in [-0.25, -0.2) is 0 Å². The molecule has 5 rings (SSSR count). The van der Waals surface area contributed by atoms with Gasteiger partial charge < -0.3 is 14.4 Å². The first-order valence-corrected chi connectivity index (χ1v) is 11.0. The van der Waals surface area contributed by atoms with E-state index in [0.29, 0.717) is 54.3 Å². The predicted octanol–water partition coefficient (Wildman–Crippen LogP) is 1.86. The first-order valence-electron chi connectivity index (χ1n) is 12.7. The second-order valence-corrected chi connectivity index (χ2v) is 8.27. The maximum atomic E-state index is 13.0.